The number of hydrogen-bond acceptors (Lipinski definition) is 4. The molecule has 1 aromatic heterocycles. The molecule has 0 aliphatic heterocycles. The Morgan fingerprint density at radius 2 is 1.80 bits per heavy atom. The highest BCUT2D eigenvalue weighted by atomic mass is 32.2. The predicted octanol–water partition coefficient (Wildman–Crippen LogP) is 4.29. The van der Waals surface area contributed by atoms with Gasteiger partial charge in [-0.2, -0.15) is 0 Å². The number of thioether (sulfide) groups is 1. The maximum Gasteiger partial charge on any atom is 0.196 e. The van der Waals surface area contributed by atoms with Crippen LogP contribution >= 0.6 is 11.8 Å². The van der Waals surface area contributed by atoms with Crippen molar-refractivity contribution in [3.8, 4) is 17.1 Å². The Balaban J connectivity index is 1.80. The largest absolute Gasteiger partial charge is 0.298 e. The molecule has 0 spiro atoms. The zero-order valence-corrected chi connectivity index (χ0v) is 14.2. The van der Waals surface area contributed by atoms with Gasteiger partial charge in [0.15, 0.2) is 11.0 Å². The topological polar surface area (TPSA) is 47.8 Å². The zero-order chi connectivity index (χ0) is 17.2. The highest BCUT2D eigenvalue weighted by molar-refractivity contribution is 8.00. The summed E-state index contributed by atoms with van der Waals surface area (Å²) in [4.78, 5) is 12.0. The van der Waals surface area contributed by atoms with Crippen LogP contribution < -0.4 is 0 Å². The van der Waals surface area contributed by atoms with Gasteiger partial charge in [-0.25, -0.2) is 4.39 Å². The minimum Gasteiger partial charge on any atom is -0.298 e. The number of nitrogens with zero attached hydrogens (tertiary/aromatic N) is 3. The summed E-state index contributed by atoms with van der Waals surface area (Å²) < 4.78 is 15.2. The normalized spacial score (nSPS) is 17.2. The first-order valence-corrected chi connectivity index (χ1v) is 9.06. The summed E-state index contributed by atoms with van der Waals surface area (Å²) in [5.74, 6) is 0.651. The first-order chi connectivity index (χ1) is 12.2. The van der Waals surface area contributed by atoms with Crippen molar-refractivity contribution in [2.75, 3.05) is 0 Å². The Morgan fingerprint density at radius 3 is 2.48 bits per heavy atom. The molecule has 4 rings (SSSR count). The summed E-state index contributed by atoms with van der Waals surface area (Å²) in [6.45, 7) is 0. The zero-order valence-electron chi connectivity index (χ0n) is 13.4. The van der Waals surface area contributed by atoms with E-state index < -0.39 is 0 Å². The number of carbonyl (C=O) groups excluding carboxylic acids is 1. The van der Waals surface area contributed by atoms with Crippen LogP contribution in [-0.2, 0) is 4.79 Å². The first kappa shape index (κ1) is 16.0. The smallest absolute Gasteiger partial charge is 0.196 e. The molecule has 0 N–H and O–H groups in total. The van der Waals surface area contributed by atoms with Crippen LogP contribution in [0.1, 0.15) is 19.3 Å². The Labute approximate surface area is 149 Å². The molecule has 0 bridgehead atoms. The van der Waals surface area contributed by atoms with Crippen molar-refractivity contribution in [1.82, 2.24) is 14.8 Å². The average Bonchev–Trinajstić information content (AvgIpc) is 3.24. The Morgan fingerprint density at radius 1 is 1.04 bits per heavy atom. The van der Waals surface area contributed by atoms with Gasteiger partial charge < -0.3 is 0 Å². The van der Waals surface area contributed by atoms with Gasteiger partial charge in [0, 0.05) is 17.7 Å². The van der Waals surface area contributed by atoms with Gasteiger partial charge in [0.2, 0.25) is 0 Å². The van der Waals surface area contributed by atoms with E-state index in [1.54, 1.807) is 12.1 Å². The summed E-state index contributed by atoms with van der Waals surface area (Å²) in [5, 5.41) is 9.24. The lowest BCUT2D eigenvalue weighted by molar-refractivity contribution is -0.116. The number of Topliss-reactive ketones (excluding diaryl/α,β-unsaturated/α-hetero) is 1. The molecule has 2 aromatic carbocycles. The van der Waals surface area contributed by atoms with Crippen molar-refractivity contribution in [2.45, 2.75) is 29.7 Å². The van der Waals surface area contributed by atoms with Gasteiger partial charge >= 0.3 is 0 Å². The quantitative estimate of drug-likeness (QED) is 0.702. The van der Waals surface area contributed by atoms with Crippen LogP contribution in [0.15, 0.2) is 59.8 Å². The molecular formula is C19H16FN3OS. The van der Waals surface area contributed by atoms with E-state index in [0.717, 1.165) is 24.1 Å². The minimum absolute atomic E-state index is 0.0768. The van der Waals surface area contributed by atoms with E-state index in [9.17, 15) is 9.18 Å². The second kappa shape index (κ2) is 6.80. The monoisotopic (exact) mass is 353 g/mol. The molecular weight excluding hydrogens is 337 g/mol. The summed E-state index contributed by atoms with van der Waals surface area (Å²) in [7, 11) is 0. The van der Waals surface area contributed by atoms with Gasteiger partial charge in [-0.3, -0.25) is 9.36 Å². The predicted molar refractivity (Wildman–Crippen MR) is 95.3 cm³/mol. The van der Waals surface area contributed by atoms with Crippen molar-refractivity contribution >= 4 is 17.5 Å². The van der Waals surface area contributed by atoms with Crippen molar-refractivity contribution < 1.29 is 9.18 Å². The molecule has 1 atom stereocenters. The third-order valence-corrected chi connectivity index (χ3v) is 5.50. The number of ketones is 1. The van der Waals surface area contributed by atoms with E-state index in [-0.39, 0.29) is 16.9 Å². The molecule has 25 heavy (non-hydrogen) atoms. The summed E-state index contributed by atoms with van der Waals surface area (Å²) in [5.41, 5.74) is 1.70. The molecule has 4 nitrogen and oxygen atoms in total. The van der Waals surface area contributed by atoms with Crippen molar-refractivity contribution in [3.63, 3.8) is 0 Å². The first-order valence-electron chi connectivity index (χ1n) is 8.18. The van der Waals surface area contributed by atoms with Gasteiger partial charge in [-0.05, 0) is 37.1 Å². The molecule has 3 aromatic rings. The Hall–Kier alpha value is -2.47. The molecule has 1 fully saturated rings. The lowest BCUT2D eigenvalue weighted by Gasteiger charge is -2.12. The second-order valence-corrected chi connectivity index (χ2v) is 7.12. The van der Waals surface area contributed by atoms with Crippen LogP contribution in [0.2, 0.25) is 0 Å². The highest BCUT2D eigenvalue weighted by Gasteiger charge is 2.28. The molecule has 1 aliphatic carbocycles. The molecule has 0 unspecified atom stereocenters. The lowest BCUT2D eigenvalue weighted by Crippen LogP contribution is -2.10. The summed E-state index contributed by atoms with van der Waals surface area (Å²) in [6.07, 6.45) is 2.42. The van der Waals surface area contributed by atoms with E-state index in [1.807, 2.05) is 34.9 Å². The number of rotatable bonds is 4. The molecule has 1 aliphatic rings. The van der Waals surface area contributed by atoms with E-state index in [0.29, 0.717) is 17.4 Å². The van der Waals surface area contributed by atoms with E-state index in [1.165, 1.54) is 23.9 Å². The van der Waals surface area contributed by atoms with Crippen molar-refractivity contribution in [3.05, 3.63) is 60.4 Å². The minimum atomic E-state index is -0.293. The van der Waals surface area contributed by atoms with Gasteiger partial charge in [0.05, 0.1) is 5.25 Å². The van der Waals surface area contributed by atoms with Crippen LogP contribution in [-0.4, -0.2) is 25.8 Å². The van der Waals surface area contributed by atoms with Crippen LogP contribution in [0.5, 0.6) is 0 Å². The van der Waals surface area contributed by atoms with Gasteiger partial charge in [0.25, 0.3) is 0 Å². The fraction of sp³-hybridized carbons (Fsp3) is 0.211. The van der Waals surface area contributed by atoms with Gasteiger partial charge in [-0.15, -0.1) is 10.2 Å². The SMILES string of the molecule is O=C1CCC[C@@H]1Sc1nnc(-c2ccccc2)n1-c1ccc(F)cc1. The average molecular weight is 353 g/mol. The lowest BCUT2D eigenvalue weighted by atomic mass is 10.2. The highest BCUT2D eigenvalue weighted by Crippen LogP contribution is 2.35. The maximum absolute atomic E-state index is 13.3. The van der Waals surface area contributed by atoms with Crippen LogP contribution in [0.25, 0.3) is 17.1 Å². The Bertz CT molecular complexity index is 893. The Kier molecular flexibility index (Phi) is 4.36. The number of halogens is 1. The number of hydrogen-bond donors (Lipinski definition) is 0. The van der Waals surface area contributed by atoms with Crippen LogP contribution in [0.3, 0.4) is 0 Å². The third-order valence-electron chi connectivity index (χ3n) is 4.25. The fourth-order valence-electron chi connectivity index (χ4n) is 2.98. The summed E-state index contributed by atoms with van der Waals surface area (Å²) in [6, 6.07) is 16.0. The number of benzene rings is 2. The summed E-state index contributed by atoms with van der Waals surface area (Å²) >= 11 is 1.45. The molecule has 1 saturated carbocycles. The molecule has 1 heterocycles. The fourth-order valence-corrected chi connectivity index (χ4v) is 4.15. The molecule has 6 heteroatoms. The van der Waals surface area contributed by atoms with Gasteiger partial charge in [0.1, 0.15) is 11.6 Å². The third kappa shape index (κ3) is 3.22. The molecule has 0 radical (unpaired) electrons. The molecule has 0 saturated heterocycles. The molecule has 0 amide bonds. The van der Waals surface area contributed by atoms with E-state index >= 15 is 0 Å². The van der Waals surface area contributed by atoms with Crippen molar-refractivity contribution in [1.29, 1.82) is 0 Å². The number of carbonyl (C=O) groups is 1. The van der Waals surface area contributed by atoms with Crippen molar-refractivity contribution in [2.24, 2.45) is 0 Å². The van der Waals surface area contributed by atoms with Crippen LogP contribution in [0, 0.1) is 5.82 Å². The van der Waals surface area contributed by atoms with E-state index in [4.69, 9.17) is 0 Å². The second-order valence-electron chi connectivity index (χ2n) is 5.95. The molecule has 126 valence electrons. The van der Waals surface area contributed by atoms with Gasteiger partial charge in [-0.1, -0.05) is 42.1 Å². The number of aromatic nitrogens is 3. The maximum atomic E-state index is 13.3. The van der Waals surface area contributed by atoms with E-state index in [2.05, 4.69) is 10.2 Å². The standard InChI is InChI=1S/C19H16FN3OS/c20-14-9-11-15(12-10-14)23-18(13-5-2-1-3-6-13)21-22-19(23)25-17-8-4-7-16(17)24/h1-3,5-6,9-12,17H,4,7-8H2/t17-/m0/s1. The van der Waals surface area contributed by atoms with Crippen LogP contribution in [0.4, 0.5) is 4.39 Å².